The predicted molar refractivity (Wildman–Crippen MR) is 171 cm³/mol. The fourth-order valence-electron chi connectivity index (χ4n) is 3.25. The van der Waals surface area contributed by atoms with E-state index in [4.69, 9.17) is 9.47 Å². The predicted octanol–water partition coefficient (Wildman–Crippen LogP) is 8.38. The molecule has 4 heterocycles. The third-order valence-electron chi connectivity index (χ3n) is 4.97. The molecular weight excluding hydrogens is 573 g/mol. The van der Waals surface area contributed by atoms with Crippen LogP contribution in [0, 0.1) is 13.8 Å². The molecule has 0 fully saturated rings. The summed E-state index contributed by atoms with van der Waals surface area (Å²) >= 11 is 2.85. The molecule has 42 heavy (non-hydrogen) atoms. The Kier molecular flexibility index (Phi) is 11.7. The zero-order valence-electron chi connectivity index (χ0n) is 24.8. The highest BCUT2D eigenvalue weighted by Gasteiger charge is 2.24. The van der Waals surface area contributed by atoms with Gasteiger partial charge in [-0.3, -0.25) is 20.2 Å². The second-order valence-corrected chi connectivity index (χ2v) is 13.0. The van der Waals surface area contributed by atoms with Crippen molar-refractivity contribution in [2.45, 2.75) is 74.0 Å². The zero-order valence-corrected chi connectivity index (χ0v) is 26.4. The van der Waals surface area contributed by atoms with Crippen molar-refractivity contribution in [3.63, 3.8) is 0 Å². The average Bonchev–Trinajstić information content (AvgIpc) is 3.45. The second-order valence-electron chi connectivity index (χ2n) is 11.0. The maximum absolute atomic E-state index is 12.1. The summed E-state index contributed by atoms with van der Waals surface area (Å²) in [6.45, 7) is 14.8. The largest absolute Gasteiger partial charge is 0.444 e. The Morgan fingerprint density at radius 1 is 0.810 bits per heavy atom. The minimum absolute atomic E-state index is 0. The van der Waals surface area contributed by atoms with E-state index in [1.54, 1.807) is 31.8 Å². The Hall–Kier alpha value is -3.90. The van der Waals surface area contributed by atoms with Crippen molar-refractivity contribution in [1.29, 1.82) is 0 Å². The molecule has 0 saturated carbocycles. The molecule has 226 valence electrons. The summed E-state index contributed by atoms with van der Waals surface area (Å²) in [5.41, 5.74) is 2.39. The van der Waals surface area contributed by atoms with Gasteiger partial charge in [0.15, 0.2) is 0 Å². The molecule has 0 aliphatic rings. The number of hydrogen-bond donors (Lipinski definition) is 1. The maximum Gasteiger partial charge on any atom is 0.415 e. The van der Waals surface area contributed by atoms with Crippen molar-refractivity contribution >= 4 is 44.9 Å². The first-order valence-corrected chi connectivity index (χ1v) is 14.5. The van der Waals surface area contributed by atoms with Crippen LogP contribution in [0.3, 0.4) is 0 Å². The van der Waals surface area contributed by atoms with Gasteiger partial charge in [-0.1, -0.05) is 30.1 Å². The van der Waals surface area contributed by atoms with Crippen LogP contribution >= 0.6 is 22.7 Å². The number of carbonyl (C=O) groups is 2. The van der Waals surface area contributed by atoms with Crippen molar-refractivity contribution < 1.29 is 19.1 Å². The molecule has 10 nitrogen and oxygen atoms in total. The molecular formula is C30H40N6O4S2. The Bertz CT molecular complexity index is 1460. The van der Waals surface area contributed by atoms with Crippen LogP contribution in [-0.4, -0.2) is 50.4 Å². The van der Waals surface area contributed by atoms with Gasteiger partial charge in [0.05, 0.1) is 11.4 Å². The number of nitrogens with zero attached hydrogens (tertiary/aromatic N) is 5. The molecule has 0 aromatic carbocycles. The molecule has 4 rings (SSSR count). The Morgan fingerprint density at radius 3 is 1.79 bits per heavy atom. The Labute approximate surface area is 256 Å². The highest BCUT2D eigenvalue weighted by Crippen LogP contribution is 2.34. The van der Waals surface area contributed by atoms with E-state index in [1.165, 1.54) is 27.6 Å². The molecule has 2 amide bonds. The van der Waals surface area contributed by atoms with Crippen LogP contribution in [0.5, 0.6) is 0 Å². The highest BCUT2D eigenvalue weighted by molar-refractivity contribution is 7.19. The number of rotatable bonds is 4. The van der Waals surface area contributed by atoms with E-state index < -0.39 is 17.3 Å². The minimum Gasteiger partial charge on any atom is -0.444 e. The van der Waals surface area contributed by atoms with E-state index in [9.17, 15) is 9.59 Å². The van der Waals surface area contributed by atoms with Gasteiger partial charge >= 0.3 is 12.2 Å². The minimum atomic E-state index is -0.519. The molecule has 1 N–H and O–H groups in total. The van der Waals surface area contributed by atoms with E-state index in [2.05, 4.69) is 25.3 Å². The average molecular weight is 613 g/mol. The molecule has 12 heteroatoms. The Balaban J connectivity index is 0.000000287. The molecule has 0 aliphatic carbocycles. The van der Waals surface area contributed by atoms with Gasteiger partial charge in [0.1, 0.15) is 31.2 Å². The standard InChI is InChI=1S/C15H19N3O2S.C14H17N3O2S.CH4/c1-10-13(18(5)14(19)20-15(2,3)4)21-12(17-10)11-7-6-8-16-9-11;1-9-11(17-13(18)19-14(2,3)4)20-12(16-9)10-6-5-7-15-8-10;/h6-9H,1-5H3;5-8H,1-4H3,(H,17,18);1H4. The van der Waals surface area contributed by atoms with Crippen LogP contribution in [0.4, 0.5) is 19.6 Å². The second kappa shape index (κ2) is 14.3. The van der Waals surface area contributed by atoms with Gasteiger partial charge in [-0.15, -0.1) is 0 Å². The first-order valence-electron chi connectivity index (χ1n) is 12.9. The number of aromatic nitrogens is 4. The van der Waals surface area contributed by atoms with Gasteiger partial charge < -0.3 is 9.47 Å². The van der Waals surface area contributed by atoms with Crippen molar-refractivity contribution in [3.8, 4) is 21.1 Å². The number of pyridine rings is 2. The summed E-state index contributed by atoms with van der Waals surface area (Å²) in [4.78, 5) is 42.5. The fourth-order valence-corrected chi connectivity index (χ4v) is 5.20. The van der Waals surface area contributed by atoms with E-state index in [0.29, 0.717) is 5.00 Å². The van der Waals surface area contributed by atoms with Crippen molar-refractivity contribution in [1.82, 2.24) is 19.9 Å². The Morgan fingerprint density at radius 2 is 1.31 bits per heavy atom. The number of aryl methyl sites for hydroxylation is 2. The van der Waals surface area contributed by atoms with E-state index in [1.807, 2.05) is 79.7 Å². The SMILES string of the molecule is C.Cc1nc(-c2cccnc2)sc1N(C)C(=O)OC(C)(C)C.Cc1nc(-c2cccnc2)sc1NC(=O)OC(C)(C)C. The molecule has 0 spiro atoms. The number of hydrogen-bond acceptors (Lipinski definition) is 10. The lowest BCUT2D eigenvalue weighted by molar-refractivity contribution is 0.0587. The molecule has 0 aliphatic heterocycles. The summed E-state index contributed by atoms with van der Waals surface area (Å²) < 4.78 is 10.6. The van der Waals surface area contributed by atoms with E-state index >= 15 is 0 Å². The van der Waals surface area contributed by atoms with Crippen LogP contribution in [0.2, 0.25) is 0 Å². The number of anilines is 2. The molecule has 4 aromatic rings. The van der Waals surface area contributed by atoms with Gasteiger partial charge in [-0.05, 0) is 79.7 Å². The highest BCUT2D eigenvalue weighted by atomic mass is 32.1. The van der Waals surface area contributed by atoms with Crippen LogP contribution < -0.4 is 10.2 Å². The van der Waals surface area contributed by atoms with Crippen LogP contribution in [-0.2, 0) is 9.47 Å². The van der Waals surface area contributed by atoms with E-state index in [0.717, 1.165) is 37.5 Å². The summed E-state index contributed by atoms with van der Waals surface area (Å²) in [5.74, 6) is 0. The molecule has 0 unspecified atom stereocenters. The van der Waals surface area contributed by atoms with Gasteiger partial charge in [0, 0.05) is 43.0 Å². The van der Waals surface area contributed by atoms with Crippen LogP contribution in [0.25, 0.3) is 21.1 Å². The molecule has 0 bridgehead atoms. The van der Waals surface area contributed by atoms with Gasteiger partial charge in [-0.2, -0.15) is 0 Å². The third kappa shape index (κ3) is 10.2. The summed E-state index contributed by atoms with van der Waals surface area (Å²) in [5, 5.41) is 5.86. The monoisotopic (exact) mass is 612 g/mol. The summed E-state index contributed by atoms with van der Waals surface area (Å²) in [6, 6.07) is 7.60. The van der Waals surface area contributed by atoms with Gasteiger partial charge in [0.2, 0.25) is 0 Å². The first-order chi connectivity index (χ1) is 19.1. The van der Waals surface area contributed by atoms with Gasteiger partial charge in [0.25, 0.3) is 0 Å². The molecule has 4 aromatic heterocycles. The smallest absolute Gasteiger partial charge is 0.415 e. The number of ether oxygens (including phenoxy) is 2. The topological polar surface area (TPSA) is 119 Å². The zero-order chi connectivity index (χ0) is 30.4. The van der Waals surface area contributed by atoms with Crippen LogP contribution in [0.15, 0.2) is 49.1 Å². The lowest BCUT2D eigenvalue weighted by Gasteiger charge is -2.23. The van der Waals surface area contributed by atoms with Gasteiger partial charge in [-0.25, -0.2) is 19.6 Å². The number of thiazole rings is 2. The number of carbonyl (C=O) groups excluding carboxylic acids is 2. The third-order valence-corrected chi connectivity index (χ3v) is 7.38. The van der Waals surface area contributed by atoms with Crippen molar-refractivity contribution in [3.05, 3.63) is 60.4 Å². The summed E-state index contributed by atoms with van der Waals surface area (Å²) in [7, 11) is 1.70. The first kappa shape index (κ1) is 34.3. The number of amides is 2. The fraction of sp³-hybridized carbons (Fsp3) is 0.400. The maximum atomic E-state index is 12.1. The quantitative estimate of drug-likeness (QED) is 0.244. The van der Waals surface area contributed by atoms with Crippen molar-refractivity contribution in [2.75, 3.05) is 17.3 Å². The molecule has 0 saturated heterocycles. The van der Waals surface area contributed by atoms with E-state index in [-0.39, 0.29) is 13.5 Å². The van der Waals surface area contributed by atoms with Crippen LogP contribution in [0.1, 0.15) is 60.4 Å². The molecule has 0 atom stereocenters. The number of nitrogens with one attached hydrogen (secondary N) is 1. The normalized spacial score (nSPS) is 11.0. The lowest BCUT2D eigenvalue weighted by Crippen LogP contribution is -2.34. The van der Waals surface area contributed by atoms with Crippen molar-refractivity contribution in [2.24, 2.45) is 0 Å². The lowest BCUT2D eigenvalue weighted by atomic mass is 10.2. The summed E-state index contributed by atoms with van der Waals surface area (Å²) in [6.07, 6.45) is 6.08. The molecule has 0 radical (unpaired) electrons.